The minimum absolute atomic E-state index is 0.213. The maximum atomic E-state index is 9.24. The summed E-state index contributed by atoms with van der Waals surface area (Å²) >= 11 is 0. The van der Waals surface area contributed by atoms with Crippen molar-refractivity contribution in [3.05, 3.63) is 54.4 Å². The Hall–Kier alpha value is -2.17. The summed E-state index contributed by atoms with van der Waals surface area (Å²) in [7, 11) is 0. The molecule has 0 saturated carbocycles. The van der Waals surface area contributed by atoms with Crippen LogP contribution in [0.1, 0.15) is 25.3 Å². The molecule has 2 aromatic heterocycles. The Bertz CT molecular complexity index is 764. The number of benzene rings is 1. The number of nitrogens with one attached hydrogen (secondary N) is 1. The van der Waals surface area contributed by atoms with Gasteiger partial charge >= 0.3 is 0 Å². The van der Waals surface area contributed by atoms with Crippen LogP contribution in [-0.2, 0) is 6.54 Å². The van der Waals surface area contributed by atoms with Crippen molar-refractivity contribution < 1.29 is 5.11 Å². The number of aromatic nitrogens is 2. The lowest BCUT2D eigenvalue weighted by Crippen LogP contribution is -2.27. The number of unbranched alkanes of at least 4 members (excludes halogenated alkanes) is 1. The Labute approximate surface area is 143 Å². The van der Waals surface area contributed by atoms with Crippen molar-refractivity contribution in [1.29, 1.82) is 0 Å². The largest absolute Gasteiger partial charge is 0.395 e. The van der Waals surface area contributed by atoms with Crippen LogP contribution in [0.15, 0.2) is 48.8 Å². The average molecular weight is 323 g/mol. The number of aromatic amines is 1. The van der Waals surface area contributed by atoms with Gasteiger partial charge in [0.25, 0.3) is 0 Å². The smallest absolute Gasteiger partial charge is 0.137 e. The molecule has 2 N–H and O–H groups in total. The molecule has 4 nitrogen and oxygen atoms in total. The molecule has 4 heteroatoms. The van der Waals surface area contributed by atoms with E-state index in [1.807, 2.05) is 12.4 Å². The SMILES string of the molecule is CCCCN(CCO)Cc1ccc(-c2ccnc3[nH]ccc23)cc1. The molecule has 0 aliphatic rings. The van der Waals surface area contributed by atoms with Gasteiger partial charge in [0, 0.05) is 30.9 Å². The number of hydrogen-bond donors (Lipinski definition) is 2. The first-order valence-electron chi connectivity index (χ1n) is 8.66. The van der Waals surface area contributed by atoms with E-state index in [9.17, 15) is 5.11 Å². The third kappa shape index (κ3) is 3.83. The normalized spacial score (nSPS) is 11.5. The lowest BCUT2D eigenvalue weighted by molar-refractivity contribution is 0.188. The van der Waals surface area contributed by atoms with Gasteiger partial charge in [-0.1, -0.05) is 37.6 Å². The summed E-state index contributed by atoms with van der Waals surface area (Å²) in [5.41, 5.74) is 4.60. The van der Waals surface area contributed by atoms with Crippen LogP contribution in [0.5, 0.6) is 0 Å². The second-order valence-electron chi connectivity index (χ2n) is 6.15. The molecule has 0 aliphatic carbocycles. The maximum Gasteiger partial charge on any atom is 0.137 e. The summed E-state index contributed by atoms with van der Waals surface area (Å²) in [6, 6.07) is 12.8. The van der Waals surface area contributed by atoms with Crippen molar-refractivity contribution in [2.75, 3.05) is 19.7 Å². The van der Waals surface area contributed by atoms with E-state index >= 15 is 0 Å². The Balaban J connectivity index is 1.76. The third-order valence-electron chi connectivity index (χ3n) is 4.38. The van der Waals surface area contributed by atoms with Crippen molar-refractivity contribution in [1.82, 2.24) is 14.9 Å². The number of hydrogen-bond acceptors (Lipinski definition) is 3. The monoisotopic (exact) mass is 323 g/mol. The highest BCUT2D eigenvalue weighted by Crippen LogP contribution is 2.27. The molecule has 1 aromatic carbocycles. The van der Waals surface area contributed by atoms with Crippen LogP contribution in [0.3, 0.4) is 0 Å². The molecular weight excluding hydrogens is 298 g/mol. The van der Waals surface area contributed by atoms with Crippen LogP contribution in [-0.4, -0.2) is 39.7 Å². The Morgan fingerprint density at radius 3 is 2.67 bits per heavy atom. The van der Waals surface area contributed by atoms with Gasteiger partial charge in [-0.05, 0) is 41.8 Å². The number of aliphatic hydroxyl groups excluding tert-OH is 1. The fourth-order valence-corrected chi connectivity index (χ4v) is 3.05. The minimum Gasteiger partial charge on any atom is -0.395 e. The quantitative estimate of drug-likeness (QED) is 0.662. The number of pyridine rings is 1. The predicted octanol–water partition coefficient (Wildman–Crippen LogP) is 3.82. The van der Waals surface area contributed by atoms with Crippen LogP contribution < -0.4 is 0 Å². The summed E-state index contributed by atoms with van der Waals surface area (Å²) < 4.78 is 0. The standard InChI is InChI=1S/C20H25N3O/c1-2-3-12-23(13-14-24)15-16-4-6-17(7-5-16)18-8-10-21-20-19(18)9-11-22-20/h4-11,24H,2-3,12-15H2,1H3,(H,21,22). The van der Waals surface area contributed by atoms with Gasteiger partial charge in [0.05, 0.1) is 6.61 Å². The lowest BCUT2D eigenvalue weighted by Gasteiger charge is -2.21. The fourth-order valence-electron chi connectivity index (χ4n) is 3.05. The van der Waals surface area contributed by atoms with Gasteiger partial charge in [0.2, 0.25) is 0 Å². The number of nitrogens with zero attached hydrogens (tertiary/aromatic N) is 2. The van der Waals surface area contributed by atoms with E-state index in [1.165, 1.54) is 29.5 Å². The summed E-state index contributed by atoms with van der Waals surface area (Å²) in [6.45, 7) is 5.06. The molecule has 126 valence electrons. The fraction of sp³-hybridized carbons (Fsp3) is 0.350. The van der Waals surface area contributed by atoms with Gasteiger partial charge < -0.3 is 10.1 Å². The molecule has 3 rings (SSSR count). The van der Waals surface area contributed by atoms with Crippen molar-refractivity contribution >= 4 is 11.0 Å². The summed E-state index contributed by atoms with van der Waals surface area (Å²) in [5, 5.41) is 10.4. The van der Waals surface area contributed by atoms with Crippen LogP contribution in [0, 0.1) is 0 Å². The number of fused-ring (bicyclic) bond motifs is 1. The van der Waals surface area contributed by atoms with E-state index in [0.717, 1.165) is 30.7 Å². The molecule has 0 fully saturated rings. The summed E-state index contributed by atoms with van der Waals surface area (Å²) in [4.78, 5) is 9.82. The zero-order chi connectivity index (χ0) is 16.8. The molecule has 0 bridgehead atoms. The van der Waals surface area contributed by atoms with Gasteiger partial charge in [-0.25, -0.2) is 4.98 Å². The molecule has 0 aliphatic heterocycles. The molecular formula is C20H25N3O. The molecule has 0 atom stereocenters. The van der Waals surface area contributed by atoms with E-state index in [2.05, 4.69) is 58.2 Å². The Morgan fingerprint density at radius 2 is 1.92 bits per heavy atom. The van der Waals surface area contributed by atoms with Crippen molar-refractivity contribution in [3.63, 3.8) is 0 Å². The van der Waals surface area contributed by atoms with Crippen molar-refractivity contribution in [2.45, 2.75) is 26.3 Å². The highest BCUT2D eigenvalue weighted by atomic mass is 16.3. The first kappa shape index (κ1) is 16.7. The second-order valence-corrected chi connectivity index (χ2v) is 6.15. The summed E-state index contributed by atoms with van der Waals surface area (Å²) in [5.74, 6) is 0. The van der Waals surface area contributed by atoms with Crippen LogP contribution >= 0.6 is 0 Å². The maximum absolute atomic E-state index is 9.24. The van der Waals surface area contributed by atoms with E-state index < -0.39 is 0 Å². The average Bonchev–Trinajstić information content (AvgIpc) is 3.09. The zero-order valence-corrected chi connectivity index (χ0v) is 14.2. The summed E-state index contributed by atoms with van der Waals surface area (Å²) in [6.07, 6.45) is 6.11. The van der Waals surface area contributed by atoms with Crippen LogP contribution in [0.2, 0.25) is 0 Å². The first-order valence-corrected chi connectivity index (χ1v) is 8.66. The highest BCUT2D eigenvalue weighted by Gasteiger charge is 2.07. The molecule has 0 spiro atoms. The topological polar surface area (TPSA) is 52.1 Å². The molecule has 0 amide bonds. The molecule has 0 saturated heterocycles. The molecule has 24 heavy (non-hydrogen) atoms. The number of rotatable bonds is 8. The highest BCUT2D eigenvalue weighted by molar-refractivity contribution is 5.92. The molecule has 2 heterocycles. The van der Waals surface area contributed by atoms with Gasteiger partial charge in [-0.3, -0.25) is 4.90 Å². The minimum atomic E-state index is 0.213. The van der Waals surface area contributed by atoms with Crippen molar-refractivity contribution in [3.8, 4) is 11.1 Å². The Kier molecular flexibility index (Phi) is 5.62. The van der Waals surface area contributed by atoms with Gasteiger partial charge in [-0.2, -0.15) is 0 Å². The van der Waals surface area contributed by atoms with Crippen LogP contribution in [0.4, 0.5) is 0 Å². The van der Waals surface area contributed by atoms with Crippen LogP contribution in [0.25, 0.3) is 22.2 Å². The first-order chi connectivity index (χ1) is 11.8. The van der Waals surface area contributed by atoms with Gasteiger partial charge in [0.15, 0.2) is 0 Å². The van der Waals surface area contributed by atoms with E-state index in [4.69, 9.17) is 0 Å². The van der Waals surface area contributed by atoms with E-state index in [1.54, 1.807) is 0 Å². The number of H-pyrrole nitrogens is 1. The third-order valence-corrected chi connectivity index (χ3v) is 4.38. The van der Waals surface area contributed by atoms with Gasteiger partial charge in [0.1, 0.15) is 5.65 Å². The second kappa shape index (κ2) is 8.08. The molecule has 3 aromatic rings. The Morgan fingerprint density at radius 1 is 1.08 bits per heavy atom. The molecule has 0 unspecified atom stereocenters. The van der Waals surface area contributed by atoms with E-state index in [0.29, 0.717) is 0 Å². The number of aliphatic hydroxyl groups is 1. The zero-order valence-electron chi connectivity index (χ0n) is 14.2. The van der Waals surface area contributed by atoms with E-state index in [-0.39, 0.29) is 6.61 Å². The predicted molar refractivity (Wildman–Crippen MR) is 98.8 cm³/mol. The van der Waals surface area contributed by atoms with Crippen molar-refractivity contribution in [2.24, 2.45) is 0 Å². The van der Waals surface area contributed by atoms with Gasteiger partial charge in [-0.15, -0.1) is 0 Å². The molecule has 0 radical (unpaired) electrons. The lowest BCUT2D eigenvalue weighted by atomic mass is 10.0.